The Morgan fingerprint density at radius 2 is 1.92 bits per heavy atom. The number of pyridine rings is 1. The quantitative estimate of drug-likeness (QED) is 0.863. The lowest BCUT2D eigenvalue weighted by Gasteiger charge is -2.20. The second-order valence-electron chi connectivity index (χ2n) is 6.69. The summed E-state index contributed by atoms with van der Waals surface area (Å²) in [5.41, 5.74) is 1.98. The molecular formula is C20H24N4O2. The Labute approximate surface area is 153 Å². The summed E-state index contributed by atoms with van der Waals surface area (Å²) in [6.07, 6.45) is 1.74. The number of amides is 1. The second kappa shape index (κ2) is 8.45. The topological polar surface area (TPSA) is 78.1 Å². The summed E-state index contributed by atoms with van der Waals surface area (Å²) >= 11 is 0. The van der Waals surface area contributed by atoms with E-state index in [0.717, 1.165) is 5.56 Å². The third kappa shape index (κ3) is 4.58. The molecule has 1 aromatic carbocycles. The van der Waals surface area contributed by atoms with Crippen molar-refractivity contribution < 1.29 is 4.79 Å². The number of carbonyl (C=O) groups is 1. The molecule has 0 aliphatic carbocycles. The summed E-state index contributed by atoms with van der Waals surface area (Å²) in [7, 11) is 3.89. The van der Waals surface area contributed by atoms with Crippen molar-refractivity contribution in [2.24, 2.45) is 0 Å². The molecular weight excluding hydrogens is 328 g/mol. The molecule has 0 aliphatic rings. The number of nitriles is 1. The molecule has 0 saturated heterocycles. The van der Waals surface area contributed by atoms with Gasteiger partial charge in [0.25, 0.3) is 11.5 Å². The molecule has 1 amide bonds. The zero-order valence-electron chi connectivity index (χ0n) is 15.6. The summed E-state index contributed by atoms with van der Waals surface area (Å²) < 4.78 is 1.60. The van der Waals surface area contributed by atoms with Gasteiger partial charge in [0, 0.05) is 25.3 Å². The highest BCUT2D eigenvalue weighted by Crippen LogP contribution is 2.09. The van der Waals surface area contributed by atoms with Gasteiger partial charge in [-0.25, -0.2) is 0 Å². The minimum absolute atomic E-state index is 0.0387. The predicted octanol–water partition coefficient (Wildman–Crippen LogP) is 2.08. The first-order chi connectivity index (χ1) is 12.3. The third-order valence-corrected chi connectivity index (χ3v) is 4.20. The van der Waals surface area contributed by atoms with Gasteiger partial charge in [-0.15, -0.1) is 0 Å². The standard InChI is InChI=1S/C20H24N4O2/c1-14-9-10-24(15(2)13-23(3)4)20(26)18(14)19(25)22-12-17-7-5-16(11-21)6-8-17/h5-10,15H,12-13H2,1-4H3,(H,22,25). The predicted molar refractivity (Wildman–Crippen MR) is 101 cm³/mol. The highest BCUT2D eigenvalue weighted by atomic mass is 16.2. The molecule has 0 fully saturated rings. The van der Waals surface area contributed by atoms with Crippen LogP contribution in [0.15, 0.2) is 41.3 Å². The number of benzene rings is 1. The molecule has 1 N–H and O–H groups in total. The van der Waals surface area contributed by atoms with E-state index in [1.165, 1.54) is 0 Å². The second-order valence-corrected chi connectivity index (χ2v) is 6.69. The molecule has 136 valence electrons. The van der Waals surface area contributed by atoms with Crippen LogP contribution in [0.5, 0.6) is 0 Å². The molecule has 0 bridgehead atoms. The van der Waals surface area contributed by atoms with Crippen molar-refractivity contribution in [3.05, 3.63) is 69.1 Å². The maximum absolute atomic E-state index is 12.8. The van der Waals surface area contributed by atoms with E-state index in [1.807, 2.05) is 25.9 Å². The van der Waals surface area contributed by atoms with Gasteiger partial charge in [-0.2, -0.15) is 5.26 Å². The van der Waals surface area contributed by atoms with E-state index in [2.05, 4.69) is 11.4 Å². The van der Waals surface area contributed by atoms with Gasteiger partial charge in [0.1, 0.15) is 5.56 Å². The molecule has 26 heavy (non-hydrogen) atoms. The molecule has 1 heterocycles. The number of carbonyl (C=O) groups excluding carboxylic acids is 1. The number of hydrogen-bond acceptors (Lipinski definition) is 4. The number of aryl methyl sites for hydroxylation is 1. The van der Waals surface area contributed by atoms with E-state index in [9.17, 15) is 9.59 Å². The van der Waals surface area contributed by atoms with Gasteiger partial charge in [0.15, 0.2) is 0 Å². The molecule has 6 nitrogen and oxygen atoms in total. The lowest BCUT2D eigenvalue weighted by atomic mass is 10.1. The molecule has 1 unspecified atom stereocenters. The number of aromatic nitrogens is 1. The van der Waals surface area contributed by atoms with Gasteiger partial charge < -0.3 is 14.8 Å². The monoisotopic (exact) mass is 352 g/mol. The minimum Gasteiger partial charge on any atom is -0.348 e. The SMILES string of the molecule is Cc1ccn(C(C)CN(C)C)c(=O)c1C(=O)NCc1ccc(C#N)cc1. The Hall–Kier alpha value is -2.91. The highest BCUT2D eigenvalue weighted by Gasteiger charge is 2.18. The van der Waals surface area contributed by atoms with Crippen LogP contribution in [-0.2, 0) is 6.54 Å². The van der Waals surface area contributed by atoms with Crippen molar-refractivity contribution in [1.29, 1.82) is 5.26 Å². The maximum Gasteiger partial charge on any atom is 0.263 e. The first-order valence-electron chi connectivity index (χ1n) is 8.47. The van der Waals surface area contributed by atoms with Gasteiger partial charge in [-0.1, -0.05) is 12.1 Å². The number of hydrogen-bond donors (Lipinski definition) is 1. The van der Waals surface area contributed by atoms with Crippen LogP contribution in [0.25, 0.3) is 0 Å². The Bertz CT molecular complexity index is 876. The normalized spacial score (nSPS) is 11.8. The van der Waals surface area contributed by atoms with E-state index >= 15 is 0 Å². The van der Waals surface area contributed by atoms with E-state index in [0.29, 0.717) is 24.2 Å². The number of nitrogens with one attached hydrogen (secondary N) is 1. The van der Waals surface area contributed by atoms with Crippen LogP contribution in [0.2, 0.25) is 0 Å². The van der Waals surface area contributed by atoms with Crippen LogP contribution in [-0.4, -0.2) is 36.0 Å². The fourth-order valence-corrected chi connectivity index (χ4v) is 2.85. The summed E-state index contributed by atoms with van der Waals surface area (Å²) in [6, 6.07) is 10.8. The molecule has 6 heteroatoms. The fraction of sp³-hybridized carbons (Fsp3) is 0.350. The van der Waals surface area contributed by atoms with Crippen LogP contribution >= 0.6 is 0 Å². The molecule has 0 saturated carbocycles. The van der Waals surface area contributed by atoms with Crippen LogP contribution < -0.4 is 10.9 Å². The lowest BCUT2D eigenvalue weighted by Crippen LogP contribution is -2.36. The minimum atomic E-state index is -0.386. The van der Waals surface area contributed by atoms with E-state index in [4.69, 9.17) is 5.26 Å². The Balaban J connectivity index is 2.19. The van der Waals surface area contributed by atoms with Crippen LogP contribution in [0.4, 0.5) is 0 Å². The van der Waals surface area contributed by atoms with E-state index in [-0.39, 0.29) is 23.1 Å². The van der Waals surface area contributed by atoms with Gasteiger partial charge >= 0.3 is 0 Å². The lowest BCUT2D eigenvalue weighted by molar-refractivity contribution is 0.0948. The molecule has 1 atom stereocenters. The molecule has 0 spiro atoms. The Morgan fingerprint density at radius 1 is 1.27 bits per heavy atom. The fourth-order valence-electron chi connectivity index (χ4n) is 2.85. The maximum atomic E-state index is 12.8. The Kier molecular flexibility index (Phi) is 6.31. The zero-order chi connectivity index (χ0) is 19.3. The molecule has 1 aromatic heterocycles. The summed E-state index contributed by atoms with van der Waals surface area (Å²) in [5.74, 6) is -0.386. The first-order valence-corrected chi connectivity index (χ1v) is 8.47. The van der Waals surface area contributed by atoms with Gasteiger partial charge in [-0.05, 0) is 57.3 Å². The van der Waals surface area contributed by atoms with Crippen molar-refractivity contribution in [3.8, 4) is 6.07 Å². The van der Waals surface area contributed by atoms with Crippen LogP contribution in [0.3, 0.4) is 0 Å². The van der Waals surface area contributed by atoms with E-state index in [1.54, 1.807) is 48.0 Å². The average molecular weight is 352 g/mol. The third-order valence-electron chi connectivity index (χ3n) is 4.20. The average Bonchev–Trinajstić information content (AvgIpc) is 2.59. The summed E-state index contributed by atoms with van der Waals surface area (Å²) in [6.45, 7) is 4.72. The molecule has 0 radical (unpaired) electrons. The largest absolute Gasteiger partial charge is 0.348 e. The van der Waals surface area contributed by atoms with Gasteiger partial charge in [0.2, 0.25) is 0 Å². The number of rotatable bonds is 6. The van der Waals surface area contributed by atoms with Crippen LogP contribution in [0.1, 0.15) is 40.0 Å². The van der Waals surface area contributed by atoms with E-state index < -0.39 is 0 Å². The van der Waals surface area contributed by atoms with Crippen molar-refractivity contribution in [3.63, 3.8) is 0 Å². The van der Waals surface area contributed by atoms with Crippen molar-refractivity contribution in [2.45, 2.75) is 26.4 Å². The molecule has 2 aromatic rings. The van der Waals surface area contributed by atoms with Gasteiger partial charge in [0.05, 0.1) is 11.6 Å². The number of nitrogens with zero attached hydrogens (tertiary/aromatic N) is 3. The summed E-state index contributed by atoms with van der Waals surface area (Å²) in [5, 5.41) is 11.6. The Morgan fingerprint density at radius 3 is 2.50 bits per heavy atom. The van der Waals surface area contributed by atoms with Gasteiger partial charge in [-0.3, -0.25) is 9.59 Å². The first kappa shape index (κ1) is 19.4. The van der Waals surface area contributed by atoms with Crippen LogP contribution in [0, 0.1) is 18.3 Å². The highest BCUT2D eigenvalue weighted by molar-refractivity contribution is 5.95. The summed E-state index contributed by atoms with van der Waals surface area (Å²) in [4.78, 5) is 27.4. The number of likely N-dealkylation sites (N-methyl/N-ethyl adjacent to an activating group) is 1. The van der Waals surface area contributed by atoms with Crippen molar-refractivity contribution in [2.75, 3.05) is 20.6 Å². The van der Waals surface area contributed by atoms with Crippen molar-refractivity contribution >= 4 is 5.91 Å². The van der Waals surface area contributed by atoms with Crippen molar-refractivity contribution in [1.82, 2.24) is 14.8 Å². The zero-order valence-corrected chi connectivity index (χ0v) is 15.6. The smallest absolute Gasteiger partial charge is 0.263 e. The molecule has 0 aliphatic heterocycles. The molecule has 2 rings (SSSR count).